The summed E-state index contributed by atoms with van der Waals surface area (Å²) in [6, 6.07) is 7.59. The standard InChI is InChI=1S/C15H11BrF3NO/c1-20(8-9-2-4-11(17)5-3-9)15(21)14-12(18)6-10(16)7-13(14)19/h2-7H,8H2,1H3. The lowest BCUT2D eigenvalue weighted by Gasteiger charge is -2.18. The molecule has 2 rings (SSSR count). The zero-order valence-electron chi connectivity index (χ0n) is 11.0. The Kier molecular flexibility index (Phi) is 4.67. The van der Waals surface area contributed by atoms with E-state index in [0.29, 0.717) is 5.56 Å². The van der Waals surface area contributed by atoms with Crippen molar-refractivity contribution in [3.05, 3.63) is 69.4 Å². The molecule has 0 aliphatic rings. The highest BCUT2D eigenvalue weighted by molar-refractivity contribution is 9.10. The zero-order chi connectivity index (χ0) is 15.6. The van der Waals surface area contributed by atoms with Crippen molar-refractivity contribution in [2.75, 3.05) is 7.05 Å². The summed E-state index contributed by atoms with van der Waals surface area (Å²) in [5, 5.41) is 0. The van der Waals surface area contributed by atoms with Crippen molar-refractivity contribution < 1.29 is 18.0 Å². The number of nitrogens with zero attached hydrogens (tertiary/aromatic N) is 1. The van der Waals surface area contributed by atoms with Gasteiger partial charge in [0.05, 0.1) is 0 Å². The van der Waals surface area contributed by atoms with Gasteiger partial charge in [-0.15, -0.1) is 0 Å². The number of amides is 1. The van der Waals surface area contributed by atoms with Crippen LogP contribution in [0.1, 0.15) is 15.9 Å². The van der Waals surface area contributed by atoms with Crippen LogP contribution in [-0.2, 0) is 6.54 Å². The van der Waals surface area contributed by atoms with Crippen LogP contribution in [0.25, 0.3) is 0 Å². The summed E-state index contributed by atoms with van der Waals surface area (Å²) >= 11 is 2.95. The smallest absolute Gasteiger partial charge is 0.259 e. The van der Waals surface area contributed by atoms with E-state index < -0.39 is 28.9 Å². The van der Waals surface area contributed by atoms with E-state index in [4.69, 9.17) is 0 Å². The first-order valence-electron chi connectivity index (χ1n) is 6.03. The Morgan fingerprint density at radius 2 is 1.62 bits per heavy atom. The van der Waals surface area contributed by atoms with E-state index in [9.17, 15) is 18.0 Å². The fraction of sp³-hybridized carbons (Fsp3) is 0.133. The maximum absolute atomic E-state index is 13.7. The molecule has 6 heteroatoms. The third-order valence-corrected chi connectivity index (χ3v) is 3.36. The van der Waals surface area contributed by atoms with Crippen LogP contribution in [0.3, 0.4) is 0 Å². The minimum Gasteiger partial charge on any atom is -0.337 e. The Morgan fingerprint density at radius 1 is 1.10 bits per heavy atom. The van der Waals surface area contributed by atoms with E-state index in [1.54, 1.807) is 0 Å². The molecular weight excluding hydrogens is 347 g/mol. The third kappa shape index (κ3) is 3.64. The summed E-state index contributed by atoms with van der Waals surface area (Å²) in [5.74, 6) is -3.03. The van der Waals surface area contributed by atoms with Crippen LogP contribution < -0.4 is 0 Å². The van der Waals surface area contributed by atoms with Crippen molar-refractivity contribution in [1.29, 1.82) is 0 Å². The summed E-state index contributed by atoms with van der Waals surface area (Å²) in [6.45, 7) is 0.119. The summed E-state index contributed by atoms with van der Waals surface area (Å²) in [4.78, 5) is 13.3. The summed E-state index contributed by atoms with van der Waals surface area (Å²) in [6.07, 6.45) is 0. The van der Waals surface area contributed by atoms with Crippen molar-refractivity contribution in [1.82, 2.24) is 4.90 Å². The molecule has 110 valence electrons. The van der Waals surface area contributed by atoms with Crippen LogP contribution in [-0.4, -0.2) is 17.9 Å². The fourth-order valence-electron chi connectivity index (χ4n) is 1.87. The maximum atomic E-state index is 13.7. The first kappa shape index (κ1) is 15.6. The van der Waals surface area contributed by atoms with E-state index in [-0.39, 0.29) is 11.0 Å². The average molecular weight is 358 g/mol. The van der Waals surface area contributed by atoms with Crippen LogP contribution in [0.2, 0.25) is 0 Å². The monoisotopic (exact) mass is 357 g/mol. The number of carbonyl (C=O) groups is 1. The van der Waals surface area contributed by atoms with Crippen molar-refractivity contribution in [2.45, 2.75) is 6.54 Å². The van der Waals surface area contributed by atoms with Gasteiger partial charge in [-0.05, 0) is 29.8 Å². The van der Waals surface area contributed by atoms with Crippen LogP contribution >= 0.6 is 15.9 Å². The highest BCUT2D eigenvalue weighted by atomic mass is 79.9. The molecule has 0 N–H and O–H groups in total. The number of rotatable bonds is 3. The summed E-state index contributed by atoms with van der Waals surface area (Å²) < 4.78 is 40.5. The highest BCUT2D eigenvalue weighted by Crippen LogP contribution is 2.21. The lowest BCUT2D eigenvalue weighted by atomic mass is 10.1. The first-order valence-corrected chi connectivity index (χ1v) is 6.82. The molecule has 0 heterocycles. The van der Waals surface area contributed by atoms with Gasteiger partial charge in [0.25, 0.3) is 5.91 Å². The normalized spacial score (nSPS) is 10.5. The molecule has 0 saturated heterocycles. The lowest BCUT2D eigenvalue weighted by Crippen LogP contribution is -2.28. The predicted octanol–water partition coefficient (Wildman–Crippen LogP) is 4.14. The Balaban J connectivity index is 2.22. The molecule has 0 bridgehead atoms. The molecule has 0 fully saturated rings. The largest absolute Gasteiger partial charge is 0.337 e. The van der Waals surface area contributed by atoms with Gasteiger partial charge >= 0.3 is 0 Å². The molecule has 0 aliphatic heterocycles. The van der Waals surface area contributed by atoms with Crippen LogP contribution in [0.15, 0.2) is 40.9 Å². The van der Waals surface area contributed by atoms with Gasteiger partial charge in [-0.3, -0.25) is 4.79 Å². The average Bonchev–Trinajstić information content (AvgIpc) is 2.40. The summed E-state index contributed by atoms with van der Waals surface area (Å²) in [7, 11) is 1.42. The van der Waals surface area contributed by atoms with Crippen molar-refractivity contribution in [3.8, 4) is 0 Å². The second-order valence-electron chi connectivity index (χ2n) is 4.53. The van der Waals surface area contributed by atoms with Gasteiger partial charge in [-0.2, -0.15) is 0 Å². The topological polar surface area (TPSA) is 20.3 Å². The Morgan fingerprint density at radius 3 is 2.14 bits per heavy atom. The van der Waals surface area contributed by atoms with Gasteiger partial charge in [-0.25, -0.2) is 13.2 Å². The first-order chi connectivity index (χ1) is 9.88. The minimum atomic E-state index is -0.933. The molecule has 2 nitrogen and oxygen atoms in total. The Hall–Kier alpha value is -1.82. The molecule has 2 aromatic carbocycles. The minimum absolute atomic E-state index is 0.119. The van der Waals surface area contributed by atoms with Crippen molar-refractivity contribution in [2.24, 2.45) is 0 Å². The number of hydrogen-bond acceptors (Lipinski definition) is 1. The second kappa shape index (κ2) is 6.30. The molecule has 0 radical (unpaired) electrons. The molecule has 2 aromatic rings. The molecule has 0 atom stereocenters. The van der Waals surface area contributed by atoms with Crippen molar-refractivity contribution >= 4 is 21.8 Å². The summed E-state index contributed by atoms with van der Waals surface area (Å²) in [5.41, 5.74) is 0.0491. The number of halogens is 4. The van der Waals surface area contributed by atoms with E-state index in [0.717, 1.165) is 12.1 Å². The van der Waals surface area contributed by atoms with Crippen molar-refractivity contribution in [3.63, 3.8) is 0 Å². The molecular formula is C15H11BrF3NO. The van der Waals surface area contributed by atoms with Crippen LogP contribution in [0.5, 0.6) is 0 Å². The zero-order valence-corrected chi connectivity index (χ0v) is 12.6. The predicted molar refractivity (Wildman–Crippen MR) is 76.3 cm³/mol. The van der Waals surface area contributed by atoms with E-state index >= 15 is 0 Å². The maximum Gasteiger partial charge on any atom is 0.259 e. The SMILES string of the molecule is CN(Cc1ccc(F)cc1)C(=O)c1c(F)cc(Br)cc1F. The molecule has 0 aliphatic carbocycles. The van der Waals surface area contributed by atoms with Gasteiger partial charge in [0, 0.05) is 18.1 Å². The quantitative estimate of drug-likeness (QED) is 0.808. The van der Waals surface area contributed by atoms with Crippen LogP contribution in [0, 0.1) is 17.5 Å². The molecule has 1 amide bonds. The molecule has 0 aromatic heterocycles. The van der Waals surface area contributed by atoms with E-state index in [1.807, 2.05) is 0 Å². The van der Waals surface area contributed by atoms with Gasteiger partial charge in [-0.1, -0.05) is 28.1 Å². The number of hydrogen-bond donors (Lipinski definition) is 0. The third-order valence-electron chi connectivity index (χ3n) is 2.90. The molecule has 0 spiro atoms. The van der Waals surface area contributed by atoms with Gasteiger partial charge in [0.1, 0.15) is 23.0 Å². The lowest BCUT2D eigenvalue weighted by molar-refractivity contribution is 0.0775. The second-order valence-corrected chi connectivity index (χ2v) is 5.45. The Labute approximate surface area is 128 Å². The fourth-order valence-corrected chi connectivity index (χ4v) is 2.27. The van der Waals surface area contributed by atoms with Gasteiger partial charge in [0.15, 0.2) is 0 Å². The van der Waals surface area contributed by atoms with Gasteiger partial charge in [0.2, 0.25) is 0 Å². The van der Waals surface area contributed by atoms with E-state index in [1.165, 1.54) is 36.2 Å². The molecule has 0 unspecified atom stereocenters. The van der Waals surface area contributed by atoms with Gasteiger partial charge < -0.3 is 4.90 Å². The molecule has 0 saturated carbocycles. The number of carbonyl (C=O) groups excluding carboxylic acids is 1. The molecule has 21 heavy (non-hydrogen) atoms. The Bertz CT molecular complexity index is 650. The van der Waals surface area contributed by atoms with E-state index in [2.05, 4.69) is 15.9 Å². The number of benzene rings is 2. The highest BCUT2D eigenvalue weighted by Gasteiger charge is 2.21. The van der Waals surface area contributed by atoms with Crippen LogP contribution in [0.4, 0.5) is 13.2 Å².